The molecule has 0 heterocycles. The fourth-order valence-corrected chi connectivity index (χ4v) is 1.21. The smallest absolute Gasteiger partial charge is 0.180 e. The highest BCUT2D eigenvalue weighted by Gasteiger charge is 2.07. The van der Waals surface area contributed by atoms with Crippen LogP contribution >= 0.6 is 15.9 Å². The first-order chi connectivity index (χ1) is 5.65. The number of methoxy groups -OCH3 is 1. The lowest BCUT2D eigenvalue weighted by Gasteiger charge is -2.08. The Bertz CT molecular complexity index is 275. The monoisotopic (exact) mass is 232 g/mol. The molecule has 4 heteroatoms. The van der Waals surface area contributed by atoms with Crippen molar-refractivity contribution in [1.29, 1.82) is 0 Å². The van der Waals surface area contributed by atoms with Crippen LogP contribution in [0.5, 0.6) is 5.75 Å². The first kappa shape index (κ1) is 9.51. The average molecular weight is 233 g/mol. The third kappa shape index (κ3) is 1.97. The van der Waals surface area contributed by atoms with E-state index in [1.165, 1.54) is 13.2 Å². The number of rotatable bonds is 2. The Kier molecular flexibility index (Phi) is 3.08. The third-order valence-electron chi connectivity index (χ3n) is 1.48. The Morgan fingerprint density at radius 3 is 2.67 bits per heavy atom. The third-order valence-corrected chi connectivity index (χ3v) is 2.12. The summed E-state index contributed by atoms with van der Waals surface area (Å²) in [5.41, 5.74) is 0.599. The second kappa shape index (κ2) is 3.89. The maximum Gasteiger partial charge on any atom is 0.180 e. The van der Waals surface area contributed by atoms with Crippen LogP contribution in [0.4, 0.5) is 0 Å². The highest BCUT2D eigenvalue weighted by atomic mass is 79.9. The van der Waals surface area contributed by atoms with Gasteiger partial charge in [-0.25, -0.2) is 0 Å². The molecule has 0 bridgehead atoms. The van der Waals surface area contributed by atoms with E-state index in [4.69, 9.17) is 5.11 Å². The molecule has 66 valence electrons. The number of ether oxygens (including phenoxy) is 1. The highest BCUT2D eigenvalue weighted by molar-refractivity contribution is 9.10. The molecule has 0 aliphatic rings. The van der Waals surface area contributed by atoms with Gasteiger partial charge in [0, 0.05) is 12.7 Å². The van der Waals surface area contributed by atoms with Crippen LogP contribution in [-0.4, -0.2) is 17.3 Å². The van der Waals surface area contributed by atoms with E-state index in [0.717, 1.165) is 0 Å². The summed E-state index contributed by atoms with van der Waals surface area (Å²) in [6.45, 7) is 0. The molecule has 0 aromatic heterocycles. The van der Waals surface area contributed by atoms with Crippen LogP contribution in [0.25, 0.3) is 0 Å². The molecule has 0 saturated heterocycles. The summed E-state index contributed by atoms with van der Waals surface area (Å²) in [7, 11) is 1.41. The highest BCUT2D eigenvalue weighted by Crippen LogP contribution is 2.26. The standard InChI is InChI=1S/C8H9BrO3/c1-12-8(11)5-2-3-7(10)6(9)4-5/h2-4,8,10-11H,1H3. The van der Waals surface area contributed by atoms with Gasteiger partial charge in [0.2, 0.25) is 0 Å². The second-order valence-electron chi connectivity index (χ2n) is 2.30. The molecule has 1 aromatic carbocycles. The van der Waals surface area contributed by atoms with Gasteiger partial charge in [0.05, 0.1) is 4.47 Å². The summed E-state index contributed by atoms with van der Waals surface area (Å²) in [4.78, 5) is 0. The number of aliphatic hydroxyl groups is 1. The Labute approximate surface area is 78.7 Å². The van der Waals surface area contributed by atoms with Gasteiger partial charge in [0.25, 0.3) is 0 Å². The fraction of sp³-hybridized carbons (Fsp3) is 0.250. The van der Waals surface area contributed by atoms with Gasteiger partial charge in [-0.1, -0.05) is 6.07 Å². The van der Waals surface area contributed by atoms with Crippen LogP contribution in [0, 0.1) is 0 Å². The van der Waals surface area contributed by atoms with Crippen molar-refractivity contribution >= 4 is 15.9 Å². The van der Waals surface area contributed by atoms with Crippen molar-refractivity contribution in [3.63, 3.8) is 0 Å². The molecule has 1 aromatic rings. The second-order valence-corrected chi connectivity index (χ2v) is 3.15. The zero-order chi connectivity index (χ0) is 9.14. The normalized spacial score (nSPS) is 12.9. The van der Waals surface area contributed by atoms with Crippen LogP contribution < -0.4 is 0 Å². The lowest BCUT2D eigenvalue weighted by Crippen LogP contribution is -1.98. The van der Waals surface area contributed by atoms with Gasteiger partial charge in [0.1, 0.15) is 5.75 Å². The number of benzene rings is 1. The summed E-state index contributed by atoms with van der Waals surface area (Å²) in [5, 5.41) is 18.3. The maximum atomic E-state index is 9.22. The zero-order valence-corrected chi connectivity index (χ0v) is 8.08. The summed E-state index contributed by atoms with van der Waals surface area (Å²) in [5.74, 6) is 0.141. The molecule has 3 nitrogen and oxygen atoms in total. The quantitative estimate of drug-likeness (QED) is 0.765. The number of phenolic OH excluding ortho intramolecular Hbond substituents is 1. The van der Waals surface area contributed by atoms with E-state index in [2.05, 4.69) is 20.7 Å². The molecule has 2 N–H and O–H groups in total. The molecule has 1 unspecified atom stereocenters. The van der Waals surface area contributed by atoms with Gasteiger partial charge >= 0.3 is 0 Å². The minimum absolute atomic E-state index is 0.141. The van der Waals surface area contributed by atoms with Gasteiger partial charge in [-0.15, -0.1) is 0 Å². The van der Waals surface area contributed by atoms with E-state index in [1.54, 1.807) is 12.1 Å². The van der Waals surface area contributed by atoms with Crippen LogP contribution in [-0.2, 0) is 4.74 Å². The molecule has 1 rings (SSSR count). The van der Waals surface area contributed by atoms with Crippen LogP contribution in [0.3, 0.4) is 0 Å². The van der Waals surface area contributed by atoms with Crippen molar-refractivity contribution in [2.24, 2.45) is 0 Å². The molecule has 0 aliphatic carbocycles. The Morgan fingerprint density at radius 2 is 2.17 bits per heavy atom. The first-order valence-electron chi connectivity index (χ1n) is 3.34. The Morgan fingerprint density at radius 1 is 1.50 bits per heavy atom. The SMILES string of the molecule is COC(O)c1ccc(O)c(Br)c1. The summed E-state index contributed by atoms with van der Waals surface area (Å²) >= 11 is 3.13. The van der Waals surface area contributed by atoms with Crippen LogP contribution in [0.15, 0.2) is 22.7 Å². The number of halogens is 1. The number of hydrogen-bond donors (Lipinski definition) is 2. The molecule has 0 saturated carbocycles. The van der Waals surface area contributed by atoms with Gasteiger partial charge in [-0.05, 0) is 28.1 Å². The van der Waals surface area contributed by atoms with Gasteiger partial charge in [-0.3, -0.25) is 0 Å². The molecular weight excluding hydrogens is 224 g/mol. The first-order valence-corrected chi connectivity index (χ1v) is 4.13. The summed E-state index contributed by atoms with van der Waals surface area (Å²) in [6, 6.07) is 4.68. The van der Waals surface area contributed by atoms with E-state index in [9.17, 15) is 5.11 Å². The fourth-order valence-electron chi connectivity index (χ4n) is 0.813. The van der Waals surface area contributed by atoms with E-state index in [1.807, 2.05) is 0 Å². The molecule has 0 spiro atoms. The van der Waals surface area contributed by atoms with Gasteiger partial charge in [0.15, 0.2) is 6.29 Å². The summed E-state index contributed by atoms with van der Waals surface area (Å²) in [6.07, 6.45) is -0.943. The molecule has 0 radical (unpaired) electrons. The minimum atomic E-state index is -0.943. The Balaban J connectivity index is 2.96. The zero-order valence-electron chi connectivity index (χ0n) is 6.49. The van der Waals surface area contributed by atoms with E-state index >= 15 is 0 Å². The number of phenols is 1. The number of hydrogen-bond acceptors (Lipinski definition) is 3. The lowest BCUT2D eigenvalue weighted by molar-refractivity contribution is -0.0769. The molecular formula is C8H9BrO3. The molecule has 12 heavy (non-hydrogen) atoms. The topological polar surface area (TPSA) is 49.7 Å². The van der Waals surface area contributed by atoms with Gasteiger partial charge < -0.3 is 14.9 Å². The van der Waals surface area contributed by atoms with Crippen LogP contribution in [0.2, 0.25) is 0 Å². The van der Waals surface area contributed by atoms with Crippen molar-refractivity contribution in [2.75, 3.05) is 7.11 Å². The molecule has 0 amide bonds. The van der Waals surface area contributed by atoms with Crippen molar-refractivity contribution < 1.29 is 14.9 Å². The summed E-state index contributed by atoms with van der Waals surface area (Å²) < 4.78 is 5.22. The van der Waals surface area contributed by atoms with Crippen molar-refractivity contribution in [3.8, 4) is 5.75 Å². The van der Waals surface area contributed by atoms with E-state index < -0.39 is 6.29 Å². The maximum absolute atomic E-state index is 9.22. The van der Waals surface area contributed by atoms with Crippen molar-refractivity contribution in [3.05, 3.63) is 28.2 Å². The minimum Gasteiger partial charge on any atom is -0.507 e. The van der Waals surface area contributed by atoms with Crippen molar-refractivity contribution in [2.45, 2.75) is 6.29 Å². The largest absolute Gasteiger partial charge is 0.507 e. The molecule has 0 fully saturated rings. The van der Waals surface area contributed by atoms with Gasteiger partial charge in [-0.2, -0.15) is 0 Å². The predicted octanol–water partition coefficient (Wildman–Crippen LogP) is 1.79. The molecule has 0 aliphatic heterocycles. The van der Waals surface area contributed by atoms with Crippen molar-refractivity contribution in [1.82, 2.24) is 0 Å². The van der Waals surface area contributed by atoms with Crippen LogP contribution in [0.1, 0.15) is 11.9 Å². The number of aliphatic hydroxyl groups excluding tert-OH is 1. The van der Waals surface area contributed by atoms with E-state index in [0.29, 0.717) is 10.0 Å². The Hall–Kier alpha value is -0.580. The lowest BCUT2D eigenvalue weighted by atomic mass is 10.2. The average Bonchev–Trinajstić information content (AvgIpc) is 2.08. The number of aromatic hydroxyl groups is 1. The predicted molar refractivity (Wildman–Crippen MR) is 47.8 cm³/mol. The molecule has 1 atom stereocenters. The van der Waals surface area contributed by atoms with E-state index in [-0.39, 0.29) is 5.75 Å².